The fourth-order valence-corrected chi connectivity index (χ4v) is 2.03. The molecule has 1 aromatic heterocycles. The van der Waals surface area contributed by atoms with Gasteiger partial charge in [-0.05, 0) is 18.2 Å². The largest absolute Gasteiger partial charge is 0.455 e. The van der Waals surface area contributed by atoms with Crippen LogP contribution in [0.25, 0.3) is 11.0 Å². The van der Waals surface area contributed by atoms with Gasteiger partial charge in [-0.2, -0.15) is 0 Å². The lowest BCUT2D eigenvalue weighted by Crippen LogP contribution is -2.10. The Kier molecular flexibility index (Phi) is 3.70. The zero-order chi connectivity index (χ0) is 15.5. The monoisotopic (exact) mass is 298 g/mol. The van der Waals surface area contributed by atoms with Gasteiger partial charge in [-0.15, -0.1) is 0 Å². The highest BCUT2D eigenvalue weighted by atomic mass is 19.1. The summed E-state index contributed by atoms with van der Waals surface area (Å²) in [6, 6.07) is 13.6. The molecule has 5 heteroatoms. The first-order chi connectivity index (χ1) is 10.6. The van der Waals surface area contributed by atoms with Crippen molar-refractivity contribution in [2.45, 2.75) is 6.61 Å². The minimum absolute atomic E-state index is 0.208. The summed E-state index contributed by atoms with van der Waals surface area (Å²) >= 11 is 0. The van der Waals surface area contributed by atoms with Gasteiger partial charge in [0.1, 0.15) is 18.0 Å². The molecule has 0 saturated heterocycles. The molecule has 0 N–H and O–H groups in total. The Morgan fingerprint density at radius 2 is 1.82 bits per heavy atom. The molecule has 1 heterocycles. The van der Waals surface area contributed by atoms with Crippen LogP contribution in [0.15, 0.2) is 63.8 Å². The number of carbonyl (C=O) groups excluding carboxylic acids is 1. The van der Waals surface area contributed by atoms with Crippen molar-refractivity contribution in [2.75, 3.05) is 0 Å². The molecular formula is C17H11FO4. The molecule has 0 amide bonds. The van der Waals surface area contributed by atoms with Crippen molar-refractivity contribution in [1.82, 2.24) is 0 Å². The summed E-state index contributed by atoms with van der Waals surface area (Å²) in [5.41, 5.74) is 0.214. The number of halogens is 1. The average Bonchev–Trinajstić information content (AvgIpc) is 2.54. The van der Waals surface area contributed by atoms with Crippen molar-refractivity contribution in [2.24, 2.45) is 0 Å². The Bertz CT molecular complexity index is 898. The normalized spacial score (nSPS) is 10.6. The Morgan fingerprint density at radius 1 is 1.09 bits per heavy atom. The van der Waals surface area contributed by atoms with Gasteiger partial charge in [-0.1, -0.05) is 30.3 Å². The van der Waals surface area contributed by atoms with Crippen molar-refractivity contribution in [1.29, 1.82) is 0 Å². The van der Waals surface area contributed by atoms with Crippen molar-refractivity contribution >= 4 is 16.9 Å². The Labute approximate surface area is 124 Å². The van der Waals surface area contributed by atoms with Gasteiger partial charge in [-0.25, -0.2) is 9.18 Å². The van der Waals surface area contributed by atoms with Gasteiger partial charge < -0.3 is 9.15 Å². The first-order valence-electron chi connectivity index (χ1n) is 6.58. The SMILES string of the molecule is O=C(OCc1ccccc1F)c1cc(=O)c2ccccc2o1. The number of fused-ring (bicyclic) bond motifs is 1. The first kappa shape index (κ1) is 14.0. The molecule has 0 aliphatic rings. The molecule has 110 valence electrons. The molecule has 0 fully saturated rings. The maximum absolute atomic E-state index is 13.5. The van der Waals surface area contributed by atoms with Gasteiger partial charge in [0, 0.05) is 11.6 Å². The molecule has 0 bridgehead atoms. The average molecular weight is 298 g/mol. The van der Waals surface area contributed by atoms with Crippen LogP contribution in [0.1, 0.15) is 16.1 Å². The van der Waals surface area contributed by atoms with Crippen molar-refractivity contribution in [3.05, 3.63) is 82.0 Å². The standard InChI is InChI=1S/C17H11FO4/c18-13-7-3-1-5-11(13)10-21-17(20)16-9-14(19)12-6-2-4-8-15(12)22-16/h1-9H,10H2. The van der Waals surface area contributed by atoms with E-state index in [9.17, 15) is 14.0 Å². The third-order valence-corrected chi connectivity index (χ3v) is 3.15. The zero-order valence-electron chi connectivity index (χ0n) is 11.4. The van der Waals surface area contributed by atoms with Gasteiger partial charge >= 0.3 is 5.97 Å². The molecule has 3 rings (SSSR count). The van der Waals surface area contributed by atoms with E-state index in [-0.39, 0.29) is 23.4 Å². The third-order valence-electron chi connectivity index (χ3n) is 3.15. The van der Waals surface area contributed by atoms with Crippen LogP contribution in [-0.2, 0) is 11.3 Å². The molecule has 0 aliphatic heterocycles. The van der Waals surface area contributed by atoms with Crippen molar-refractivity contribution in [3.63, 3.8) is 0 Å². The van der Waals surface area contributed by atoms with Crippen LogP contribution in [0.3, 0.4) is 0 Å². The highest BCUT2D eigenvalue weighted by molar-refractivity contribution is 5.88. The number of carbonyl (C=O) groups is 1. The third kappa shape index (κ3) is 2.74. The summed E-state index contributed by atoms with van der Waals surface area (Å²) in [4.78, 5) is 23.9. The quantitative estimate of drug-likeness (QED) is 0.696. The predicted octanol–water partition coefficient (Wildman–Crippen LogP) is 3.29. The van der Waals surface area contributed by atoms with E-state index < -0.39 is 11.8 Å². The van der Waals surface area contributed by atoms with E-state index in [4.69, 9.17) is 9.15 Å². The maximum atomic E-state index is 13.5. The second-order valence-corrected chi connectivity index (χ2v) is 4.64. The summed E-state index contributed by atoms with van der Waals surface area (Å²) < 4.78 is 23.8. The van der Waals surface area contributed by atoms with E-state index in [0.717, 1.165) is 6.07 Å². The van der Waals surface area contributed by atoms with Crippen LogP contribution in [0, 0.1) is 5.82 Å². The Balaban J connectivity index is 1.84. The molecule has 4 nitrogen and oxygen atoms in total. The summed E-state index contributed by atoms with van der Waals surface area (Å²) in [5.74, 6) is -1.48. The molecular weight excluding hydrogens is 287 g/mol. The number of hydrogen-bond donors (Lipinski definition) is 0. The van der Waals surface area contributed by atoms with Crippen molar-refractivity contribution < 1.29 is 18.3 Å². The molecule has 3 aromatic rings. The van der Waals surface area contributed by atoms with E-state index in [1.54, 1.807) is 36.4 Å². The summed E-state index contributed by atoms with van der Waals surface area (Å²) in [7, 11) is 0. The lowest BCUT2D eigenvalue weighted by atomic mass is 10.2. The lowest BCUT2D eigenvalue weighted by molar-refractivity contribution is 0.0433. The van der Waals surface area contributed by atoms with E-state index in [2.05, 4.69) is 0 Å². The highest BCUT2D eigenvalue weighted by Crippen LogP contribution is 2.14. The second kappa shape index (κ2) is 5.81. The van der Waals surface area contributed by atoms with Gasteiger partial charge in [0.25, 0.3) is 0 Å². The van der Waals surface area contributed by atoms with Crippen molar-refractivity contribution in [3.8, 4) is 0 Å². The van der Waals surface area contributed by atoms with Crippen LogP contribution >= 0.6 is 0 Å². The van der Waals surface area contributed by atoms with Crippen LogP contribution in [0.4, 0.5) is 4.39 Å². The second-order valence-electron chi connectivity index (χ2n) is 4.64. The molecule has 0 saturated carbocycles. The van der Waals surface area contributed by atoms with Crippen LogP contribution < -0.4 is 5.43 Å². The predicted molar refractivity (Wildman–Crippen MR) is 78.0 cm³/mol. The molecule has 2 aromatic carbocycles. The topological polar surface area (TPSA) is 56.5 Å². The van der Waals surface area contributed by atoms with E-state index >= 15 is 0 Å². The Hall–Kier alpha value is -2.95. The molecule has 0 atom stereocenters. The van der Waals surface area contributed by atoms with Gasteiger partial charge in [-0.3, -0.25) is 4.79 Å². The smallest absolute Gasteiger partial charge is 0.374 e. The number of hydrogen-bond acceptors (Lipinski definition) is 4. The van der Waals surface area contributed by atoms with Crippen LogP contribution in [-0.4, -0.2) is 5.97 Å². The summed E-state index contributed by atoms with van der Waals surface area (Å²) in [6.07, 6.45) is 0. The van der Waals surface area contributed by atoms with Gasteiger partial charge in [0.2, 0.25) is 5.76 Å². The lowest BCUT2D eigenvalue weighted by Gasteiger charge is -2.06. The Morgan fingerprint density at radius 3 is 2.64 bits per heavy atom. The minimum Gasteiger partial charge on any atom is -0.455 e. The molecule has 0 spiro atoms. The highest BCUT2D eigenvalue weighted by Gasteiger charge is 2.14. The summed E-state index contributed by atoms with van der Waals surface area (Å²) in [5, 5.41) is 0.383. The number of benzene rings is 2. The fraction of sp³-hybridized carbons (Fsp3) is 0.0588. The van der Waals surface area contributed by atoms with Gasteiger partial charge in [0.15, 0.2) is 5.43 Å². The van der Waals surface area contributed by atoms with E-state index in [0.29, 0.717) is 11.0 Å². The maximum Gasteiger partial charge on any atom is 0.374 e. The van der Waals surface area contributed by atoms with Crippen LogP contribution in [0.2, 0.25) is 0 Å². The zero-order valence-corrected chi connectivity index (χ0v) is 11.4. The molecule has 0 aliphatic carbocycles. The molecule has 0 unspecified atom stereocenters. The van der Waals surface area contributed by atoms with Gasteiger partial charge in [0.05, 0.1) is 5.39 Å². The number of ether oxygens (including phenoxy) is 1. The number of esters is 1. The first-order valence-corrected chi connectivity index (χ1v) is 6.58. The molecule has 22 heavy (non-hydrogen) atoms. The van der Waals surface area contributed by atoms with E-state index in [1.165, 1.54) is 12.1 Å². The minimum atomic E-state index is -0.814. The fourth-order valence-electron chi connectivity index (χ4n) is 2.03. The number of para-hydroxylation sites is 1. The number of rotatable bonds is 3. The molecule has 0 radical (unpaired) electrons. The van der Waals surface area contributed by atoms with E-state index in [1.807, 2.05) is 0 Å². The van der Waals surface area contributed by atoms with Crippen LogP contribution in [0.5, 0.6) is 0 Å². The summed E-state index contributed by atoms with van der Waals surface area (Å²) in [6.45, 7) is -0.234.